The van der Waals surface area contributed by atoms with Crippen molar-refractivity contribution in [3.63, 3.8) is 0 Å². The van der Waals surface area contributed by atoms with E-state index >= 15 is 0 Å². The third-order valence-electron chi connectivity index (χ3n) is 3.48. The van der Waals surface area contributed by atoms with Crippen LogP contribution in [0.15, 0.2) is 18.2 Å². The van der Waals surface area contributed by atoms with Gasteiger partial charge in [-0.25, -0.2) is 0 Å². The van der Waals surface area contributed by atoms with E-state index in [4.69, 9.17) is 23.2 Å². The number of likely N-dealkylation sites (tertiary alicyclic amines) is 1. The maximum Gasteiger partial charge on any atom is 0.254 e. The molecule has 1 saturated heterocycles. The van der Waals surface area contributed by atoms with E-state index in [1.165, 1.54) is 0 Å². The second-order valence-electron chi connectivity index (χ2n) is 5.14. The molecule has 0 aliphatic carbocycles. The standard InChI is InChI=1S/C14H18Cl2N2O/c1-9(2)18-7-6-10(8-18)17-14(19)13-11(15)4-3-5-12(13)16/h3-5,9-10H,6-8H2,1-2H3,(H,17,19). The lowest BCUT2D eigenvalue weighted by Gasteiger charge is -2.20. The first-order valence-corrected chi connectivity index (χ1v) is 7.23. The molecule has 0 radical (unpaired) electrons. The Labute approximate surface area is 123 Å². The van der Waals surface area contributed by atoms with Crippen LogP contribution in [-0.2, 0) is 0 Å². The van der Waals surface area contributed by atoms with Gasteiger partial charge in [-0.2, -0.15) is 0 Å². The SMILES string of the molecule is CC(C)N1CCC(NC(=O)c2c(Cl)cccc2Cl)C1. The molecule has 1 fully saturated rings. The number of halogens is 2. The fraction of sp³-hybridized carbons (Fsp3) is 0.500. The number of carbonyl (C=O) groups is 1. The van der Waals surface area contributed by atoms with Crippen LogP contribution in [0.1, 0.15) is 30.6 Å². The van der Waals surface area contributed by atoms with Crippen LogP contribution in [0.4, 0.5) is 0 Å². The van der Waals surface area contributed by atoms with Gasteiger partial charge in [0.15, 0.2) is 0 Å². The molecule has 1 aliphatic rings. The van der Waals surface area contributed by atoms with Crippen molar-refractivity contribution in [2.24, 2.45) is 0 Å². The van der Waals surface area contributed by atoms with Gasteiger partial charge < -0.3 is 5.32 Å². The molecule has 5 heteroatoms. The molecule has 1 N–H and O–H groups in total. The lowest BCUT2D eigenvalue weighted by molar-refractivity contribution is 0.0937. The van der Waals surface area contributed by atoms with E-state index in [0.717, 1.165) is 19.5 Å². The molecule has 1 aliphatic heterocycles. The molecule has 104 valence electrons. The Hall–Kier alpha value is -0.770. The Morgan fingerprint density at radius 2 is 2.00 bits per heavy atom. The summed E-state index contributed by atoms with van der Waals surface area (Å²) in [6.07, 6.45) is 0.964. The minimum absolute atomic E-state index is 0.169. The predicted molar refractivity (Wildman–Crippen MR) is 79.0 cm³/mol. The van der Waals surface area contributed by atoms with Gasteiger partial charge in [-0.1, -0.05) is 29.3 Å². The Morgan fingerprint density at radius 3 is 2.53 bits per heavy atom. The summed E-state index contributed by atoms with van der Waals surface area (Å²) in [7, 11) is 0. The lowest BCUT2D eigenvalue weighted by Crippen LogP contribution is -2.38. The summed E-state index contributed by atoms with van der Waals surface area (Å²) in [5.74, 6) is -0.189. The normalized spacial score (nSPS) is 19.9. The van der Waals surface area contributed by atoms with Crippen molar-refractivity contribution in [1.82, 2.24) is 10.2 Å². The molecule has 19 heavy (non-hydrogen) atoms. The summed E-state index contributed by atoms with van der Waals surface area (Å²) in [6.45, 7) is 6.22. The molecule has 1 unspecified atom stereocenters. The van der Waals surface area contributed by atoms with Gasteiger partial charge in [0.1, 0.15) is 0 Å². The third kappa shape index (κ3) is 3.41. The summed E-state index contributed by atoms with van der Waals surface area (Å²) in [6, 6.07) is 5.76. The number of hydrogen-bond donors (Lipinski definition) is 1. The molecule has 0 bridgehead atoms. The zero-order valence-corrected chi connectivity index (χ0v) is 12.6. The van der Waals surface area contributed by atoms with Gasteiger partial charge >= 0.3 is 0 Å². The van der Waals surface area contributed by atoms with E-state index in [2.05, 4.69) is 24.1 Å². The van der Waals surface area contributed by atoms with Crippen LogP contribution in [0.5, 0.6) is 0 Å². The number of nitrogens with zero attached hydrogens (tertiary/aromatic N) is 1. The fourth-order valence-electron chi connectivity index (χ4n) is 2.35. The summed E-state index contributed by atoms with van der Waals surface area (Å²) >= 11 is 12.1. The van der Waals surface area contributed by atoms with Crippen LogP contribution in [0.2, 0.25) is 10.0 Å². The first-order valence-electron chi connectivity index (χ1n) is 6.48. The van der Waals surface area contributed by atoms with Gasteiger partial charge in [-0.3, -0.25) is 9.69 Å². The van der Waals surface area contributed by atoms with E-state index in [0.29, 0.717) is 21.7 Å². The van der Waals surface area contributed by atoms with Crippen LogP contribution in [0.25, 0.3) is 0 Å². The van der Waals surface area contributed by atoms with Crippen molar-refractivity contribution < 1.29 is 4.79 Å². The smallest absolute Gasteiger partial charge is 0.254 e. The summed E-state index contributed by atoms with van der Waals surface area (Å²) in [5.41, 5.74) is 0.369. The van der Waals surface area contributed by atoms with E-state index in [1.54, 1.807) is 18.2 Å². The van der Waals surface area contributed by atoms with Crippen molar-refractivity contribution in [2.75, 3.05) is 13.1 Å². The Bertz CT molecular complexity index is 456. The zero-order chi connectivity index (χ0) is 14.0. The van der Waals surface area contributed by atoms with Crippen molar-refractivity contribution in [2.45, 2.75) is 32.4 Å². The van der Waals surface area contributed by atoms with Crippen molar-refractivity contribution in [3.05, 3.63) is 33.8 Å². The number of carbonyl (C=O) groups excluding carboxylic acids is 1. The van der Waals surface area contributed by atoms with E-state index in [-0.39, 0.29) is 11.9 Å². The van der Waals surface area contributed by atoms with Crippen molar-refractivity contribution >= 4 is 29.1 Å². The Kier molecular flexibility index (Phi) is 4.71. The van der Waals surface area contributed by atoms with Gasteiger partial charge in [0, 0.05) is 25.2 Å². The first-order chi connectivity index (χ1) is 8.99. The van der Waals surface area contributed by atoms with Crippen LogP contribution < -0.4 is 5.32 Å². The topological polar surface area (TPSA) is 32.3 Å². The Morgan fingerprint density at radius 1 is 1.37 bits per heavy atom. The van der Waals surface area contributed by atoms with Crippen LogP contribution in [0.3, 0.4) is 0 Å². The first kappa shape index (κ1) is 14.6. The van der Waals surface area contributed by atoms with Crippen LogP contribution in [0, 0.1) is 0 Å². The highest BCUT2D eigenvalue weighted by atomic mass is 35.5. The second-order valence-corrected chi connectivity index (χ2v) is 5.96. The van der Waals surface area contributed by atoms with E-state index in [9.17, 15) is 4.79 Å². The molecule has 0 spiro atoms. The molecule has 1 heterocycles. The number of nitrogens with one attached hydrogen (secondary N) is 1. The summed E-state index contributed by atoms with van der Waals surface area (Å²) < 4.78 is 0. The van der Waals surface area contributed by atoms with Crippen LogP contribution in [-0.4, -0.2) is 36.0 Å². The maximum atomic E-state index is 12.2. The summed E-state index contributed by atoms with van der Waals surface area (Å²) in [5, 5.41) is 3.80. The highest BCUT2D eigenvalue weighted by Gasteiger charge is 2.26. The number of benzene rings is 1. The summed E-state index contributed by atoms with van der Waals surface area (Å²) in [4.78, 5) is 14.6. The van der Waals surface area contributed by atoms with Gasteiger partial charge in [0.25, 0.3) is 5.91 Å². The quantitative estimate of drug-likeness (QED) is 0.930. The van der Waals surface area contributed by atoms with Crippen molar-refractivity contribution in [3.8, 4) is 0 Å². The monoisotopic (exact) mass is 300 g/mol. The third-order valence-corrected chi connectivity index (χ3v) is 4.10. The Balaban J connectivity index is 2.03. The predicted octanol–water partition coefficient (Wildman–Crippen LogP) is 3.21. The molecular weight excluding hydrogens is 283 g/mol. The van der Waals surface area contributed by atoms with Crippen LogP contribution >= 0.6 is 23.2 Å². The number of hydrogen-bond acceptors (Lipinski definition) is 2. The van der Waals surface area contributed by atoms with Gasteiger partial charge in [0.2, 0.25) is 0 Å². The van der Waals surface area contributed by atoms with E-state index < -0.39 is 0 Å². The minimum atomic E-state index is -0.189. The highest BCUT2D eigenvalue weighted by molar-refractivity contribution is 6.39. The molecule has 3 nitrogen and oxygen atoms in total. The average molecular weight is 301 g/mol. The molecular formula is C14H18Cl2N2O. The second kappa shape index (κ2) is 6.12. The van der Waals surface area contributed by atoms with E-state index in [1.807, 2.05) is 0 Å². The van der Waals surface area contributed by atoms with Gasteiger partial charge in [-0.05, 0) is 32.4 Å². The molecule has 1 aromatic rings. The molecule has 1 atom stereocenters. The molecule has 2 rings (SSSR count). The van der Waals surface area contributed by atoms with Gasteiger partial charge in [0.05, 0.1) is 15.6 Å². The maximum absolute atomic E-state index is 12.2. The van der Waals surface area contributed by atoms with Crippen molar-refractivity contribution in [1.29, 1.82) is 0 Å². The fourth-order valence-corrected chi connectivity index (χ4v) is 2.92. The van der Waals surface area contributed by atoms with Gasteiger partial charge in [-0.15, -0.1) is 0 Å². The molecule has 0 aromatic heterocycles. The minimum Gasteiger partial charge on any atom is -0.348 e. The lowest BCUT2D eigenvalue weighted by atomic mass is 10.2. The largest absolute Gasteiger partial charge is 0.348 e. The number of amides is 1. The number of rotatable bonds is 3. The zero-order valence-electron chi connectivity index (χ0n) is 11.1. The highest BCUT2D eigenvalue weighted by Crippen LogP contribution is 2.24. The molecule has 1 amide bonds. The molecule has 0 saturated carbocycles. The average Bonchev–Trinajstić information content (AvgIpc) is 2.77. The molecule has 1 aromatic carbocycles.